The normalized spacial score (nSPS) is 21.8. The van der Waals surface area contributed by atoms with Gasteiger partial charge in [0, 0.05) is 51.4 Å². The van der Waals surface area contributed by atoms with Crippen LogP contribution in [0.1, 0.15) is 57.9 Å². The Labute approximate surface area is 168 Å². The summed E-state index contributed by atoms with van der Waals surface area (Å²) in [4.78, 5) is 14.7. The summed E-state index contributed by atoms with van der Waals surface area (Å²) in [5, 5.41) is 0. The molecule has 0 radical (unpaired) electrons. The number of hydrogen-bond acceptors (Lipinski definition) is 4. The summed E-state index contributed by atoms with van der Waals surface area (Å²) in [6.45, 7) is 8.09. The predicted molar refractivity (Wildman–Crippen MR) is 110 cm³/mol. The third-order valence-corrected chi connectivity index (χ3v) is 8.11. The highest BCUT2D eigenvalue weighted by Crippen LogP contribution is 2.46. The molecule has 0 N–H and O–H groups in total. The molecule has 0 unspecified atom stereocenters. The van der Waals surface area contributed by atoms with E-state index in [2.05, 4.69) is 6.07 Å². The number of piperidine rings is 1. The summed E-state index contributed by atoms with van der Waals surface area (Å²) in [5.74, 6) is 1.25. The molecule has 1 spiro atoms. The zero-order valence-electron chi connectivity index (χ0n) is 17.2. The first-order valence-corrected chi connectivity index (χ1v) is 12.0. The van der Waals surface area contributed by atoms with Crippen molar-refractivity contribution in [2.75, 3.05) is 31.9 Å². The number of para-hydroxylation sites is 1. The monoisotopic (exact) mass is 408 g/mol. The lowest BCUT2D eigenvalue weighted by molar-refractivity contribution is -0.131. The van der Waals surface area contributed by atoms with Crippen LogP contribution in [0.5, 0.6) is 5.75 Å². The fourth-order valence-electron chi connectivity index (χ4n) is 4.50. The summed E-state index contributed by atoms with van der Waals surface area (Å²) in [6, 6.07) is 7.97. The van der Waals surface area contributed by atoms with Gasteiger partial charge in [-0.1, -0.05) is 18.2 Å². The third kappa shape index (κ3) is 4.20. The van der Waals surface area contributed by atoms with Gasteiger partial charge in [0.1, 0.15) is 11.4 Å². The van der Waals surface area contributed by atoms with Crippen molar-refractivity contribution in [2.24, 2.45) is 0 Å². The number of benzene rings is 1. The van der Waals surface area contributed by atoms with E-state index in [1.807, 2.05) is 36.9 Å². The maximum absolute atomic E-state index is 12.8. The van der Waals surface area contributed by atoms with E-state index in [1.165, 1.54) is 0 Å². The van der Waals surface area contributed by atoms with Gasteiger partial charge in [-0.25, -0.2) is 12.7 Å². The van der Waals surface area contributed by atoms with Crippen molar-refractivity contribution in [3.8, 4) is 5.75 Å². The van der Waals surface area contributed by atoms with E-state index in [4.69, 9.17) is 4.74 Å². The smallest absolute Gasteiger partial charge is 0.223 e. The van der Waals surface area contributed by atoms with Crippen molar-refractivity contribution in [1.29, 1.82) is 0 Å². The van der Waals surface area contributed by atoms with Crippen LogP contribution in [0.25, 0.3) is 0 Å². The van der Waals surface area contributed by atoms with E-state index < -0.39 is 10.0 Å². The minimum absolute atomic E-state index is 0.104. The highest BCUT2D eigenvalue weighted by Gasteiger charge is 2.45. The molecule has 0 aliphatic carbocycles. The van der Waals surface area contributed by atoms with Gasteiger partial charge in [-0.05, 0) is 38.8 Å². The van der Waals surface area contributed by atoms with Crippen LogP contribution in [0, 0.1) is 0 Å². The van der Waals surface area contributed by atoms with Gasteiger partial charge in [0.25, 0.3) is 0 Å². The molecule has 0 aromatic heterocycles. The van der Waals surface area contributed by atoms with E-state index in [1.54, 1.807) is 11.2 Å². The standard InChI is InChI=1S/C21H32N2O4S/c1-4-22(5-2)20(24)15-17-16-21(27-19-10-8-7-9-18(17)19)11-13-23(14-12-21)28(25,26)6-3/h7-10,17H,4-6,11-16H2,1-3H3/t17-/m1/s1. The SMILES string of the molecule is CCN(CC)C(=O)C[C@@H]1CC2(CCN(S(=O)(=O)CC)CC2)Oc2ccccc21. The third-order valence-electron chi connectivity index (χ3n) is 6.23. The summed E-state index contributed by atoms with van der Waals surface area (Å²) in [7, 11) is -3.17. The lowest BCUT2D eigenvalue weighted by Gasteiger charge is -2.46. The van der Waals surface area contributed by atoms with E-state index in [-0.39, 0.29) is 23.2 Å². The zero-order chi connectivity index (χ0) is 20.4. The Bertz CT molecular complexity index is 796. The molecule has 2 heterocycles. The van der Waals surface area contributed by atoms with Gasteiger partial charge < -0.3 is 9.64 Å². The van der Waals surface area contributed by atoms with Crippen LogP contribution in [0.3, 0.4) is 0 Å². The van der Waals surface area contributed by atoms with Gasteiger partial charge in [0.2, 0.25) is 15.9 Å². The molecule has 1 aromatic rings. The Balaban J connectivity index is 1.80. The Kier molecular flexibility index (Phi) is 6.34. The second kappa shape index (κ2) is 8.41. The van der Waals surface area contributed by atoms with E-state index in [0.29, 0.717) is 32.4 Å². The van der Waals surface area contributed by atoms with Crippen molar-refractivity contribution < 1.29 is 17.9 Å². The van der Waals surface area contributed by atoms with Crippen molar-refractivity contribution in [3.63, 3.8) is 0 Å². The lowest BCUT2D eigenvalue weighted by atomic mass is 9.76. The number of hydrogen-bond donors (Lipinski definition) is 0. The molecule has 0 saturated carbocycles. The molecule has 1 saturated heterocycles. The predicted octanol–water partition coefficient (Wildman–Crippen LogP) is 3.00. The molecule has 3 rings (SSSR count). The second-order valence-electron chi connectivity index (χ2n) is 7.79. The fraction of sp³-hybridized carbons (Fsp3) is 0.667. The number of sulfonamides is 1. The number of ether oxygens (including phenoxy) is 1. The van der Waals surface area contributed by atoms with Crippen molar-refractivity contribution in [2.45, 2.75) is 58.0 Å². The molecule has 1 fully saturated rings. The molecule has 0 bridgehead atoms. The van der Waals surface area contributed by atoms with Crippen LogP contribution in [0.2, 0.25) is 0 Å². The molecular weight excluding hydrogens is 376 g/mol. The molecule has 28 heavy (non-hydrogen) atoms. The van der Waals surface area contributed by atoms with Gasteiger partial charge in [0.05, 0.1) is 5.75 Å². The fourth-order valence-corrected chi connectivity index (χ4v) is 5.61. The summed E-state index contributed by atoms with van der Waals surface area (Å²) >= 11 is 0. The first kappa shape index (κ1) is 21.1. The Morgan fingerprint density at radius 3 is 2.43 bits per heavy atom. The maximum atomic E-state index is 12.8. The first-order valence-electron chi connectivity index (χ1n) is 10.4. The molecule has 2 aliphatic heterocycles. The highest BCUT2D eigenvalue weighted by atomic mass is 32.2. The Hall–Kier alpha value is -1.60. The zero-order valence-corrected chi connectivity index (χ0v) is 18.0. The van der Waals surface area contributed by atoms with Gasteiger partial charge in [-0.15, -0.1) is 0 Å². The number of rotatable bonds is 6. The van der Waals surface area contributed by atoms with Gasteiger partial charge in [-0.3, -0.25) is 4.79 Å². The molecular formula is C21H32N2O4S. The minimum Gasteiger partial charge on any atom is -0.487 e. The number of carbonyl (C=O) groups is 1. The first-order chi connectivity index (χ1) is 13.3. The molecule has 1 amide bonds. The van der Waals surface area contributed by atoms with Crippen molar-refractivity contribution in [1.82, 2.24) is 9.21 Å². The maximum Gasteiger partial charge on any atom is 0.223 e. The van der Waals surface area contributed by atoms with Crippen LogP contribution in [-0.2, 0) is 14.8 Å². The summed E-state index contributed by atoms with van der Waals surface area (Å²) in [6.07, 6.45) is 2.56. The molecule has 156 valence electrons. The summed E-state index contributed by atoms with van der Waals surface area (Å²) < 4.78 is 32.4. The van der Waals surface area contributed by atoms with Crippen LogP contribution in [0.15, 0.2) is 24.3 Å². The van der Waals surface area contributed by atoms with E-state index >= 15 is 0 Å². The largest absolute Gasteiger partial charge is 0.487 e. The van der Waals surface area contributed by atoms with E-state index in [0.717, 1.165) is 30.8 Å². The van der Waals surface area contributed by atoms with Gasteiger partial charge in [0.15, 0.2) is 0 Å². The summed E-state index contributed by atoms with van der Waals surface area (Å²) in [5.41, 5.74) is 0.708. The lowest BCUT2D eigenvalue weighted by Crippen LogP contribution is -2.52. The molecule has 7 heteroatoms. The molecule has 2 aliphatic rings. The number of amides is 1. The Morgan fingerprint density at radius 2 is 1.82 bits per heavy atom. The van der Waals surface area contributed by atoms with Gasteiger partial charge >= 0.3 is 0 Å². The number of carbonyl (C=O) groups excluding carboxylic acids is 1. The minimum atomic E-state index is -3.17. The van der Waals surface area contributed by atoms with E-state index in [9.17, 15) is 13.2 Å². The van der Waals surface area contributed by atoms with Crippen molar-refractivity contribution >= 4 is 15.9 Å². The van der Waals surface area contributed by atoms with Crippen molar-refractivity contribution in [3.05, 3.63) is 29.8 Å². The van der Waals surface area contributed by atoms with Crippen LogP contribution < -0.4 is 4.74 Å². The van der Waals surface area contributed by atoms with Crippen LogP contribution in [0.4, 0.5) is 0 Å². The van der Waals surface area contributed by atoms with Gasteiger partial charge in [-0.2, -0.15) is 0 Å². The highest BCUT2D eigenvalue weighted by molar-refractivity contribution is 7.89. The number of fused-ring (bicyclic) bond motifs is 1. The second-order valence-corrected chi connectivity index (χ2v) is 10.1. The molecule has 1 aromatic carbocycles. The quantitative estimate of drug-likeness (QED) is 0.726. The Morgan fingerprint density at radius 1 is 1.18 bits per heavy atom. The van der Waals surface area contributed by atoms with Crippen LogP contribution in [-0.4, -0.2) is 61.1 Å². The average Bonchev–Trinajstić information content (AvgIpc) is 2.69. The average molecular weight is 409 g/mol. The molecule has 6 nitrogen and oxygen atoms in total. The van der Waals surface area contributed by atoms with Crippen LogP contribution >= 0.6 is 0 Å². The number of nitrogens with zero attached hydrogens (tertiary/aromatic N) is 2. The molecule has 1 atom stereocenters. The topological polar surface area (TPSA) is 66.9 Å².